The van der Waals surface area contributed by atoms with Gasteiger partial charge in [-0.3, -0.25) is 9.59 Å². The summed E-state index contributed by atoms with van der Waals surface area (Å²) in [6.45, 7) is 8.08. The van der Waals surface area contributed by atoms with Gasteiger partial charge in [0.1, 0.15) is 5.82 Å². The number of amides is 2. The Kier molecular flexibility index (Phi) is 7.90. The van der Waals surface area contributed by atoms with Gasteiger partial charge in [-0.25, -0.2) is 4.98 Å². The molecule has 160 valence electrons. The van der Waals surface area contributed by atoms with E-state index in [-0.39, 0.29) is 5.91 Å². The van der Waals surface area contributed by atoms with Gasteiger partial charge in [0, 0.05) is 45.3 Å². The predicted octanol–water partition coefficient (Wildman–Crippen LogP) is 3.48. The molecular weight excluding hydrogens is 364 g/mol. The average molecular weight is 401 g/mol. The van der Waals surface area contributed by atoms with Crippen LogP contribution in [0.3, 0.4) is 0 Å². The topological polar surface area (TPSA) is 65.5 Å². The van der Waals surface area contributed by atoms with Crippen molar-refractivity contribution in [2.45, 2.75) is 58.8 Å². The van der Waals surface area contributed by atoms with Crippen LogP contribution in [-0.2, 0) is 4.79 Å². The van der Waals surface area contributed by atoms with Gasteiger partial charge in [-0.15, -0.1) is 0 Å². The van der Waals surface area contributed by atoms with Gasteiger partial charge in [-0.05, 0) is 43.2 Å². The van der Waals surface area contributed by atoms with Gasteiger partial charge >= 0.3 is 0 Å². The van der Waals surface area contributed by atoms with E-state index in [0.29, 0.717) is 29.9 Å². The van der Waals surface area contributed by atoms with E-state index >= 15 is 0 Å². The highest BCUT2D eigenvalue weighted by atomic mass is 16.2. The van der Waals surface area contributed by atoms with Crippen molar-refractivity contribution in [3.8, 4) is 0 Å². The number of carbonyl (C=O) groups excluding carboxylic acids is 2. The van der Waals surface area contributed by atoms with E-state index in [2.05, 4.69) is 29.0 Å². The average Bonchev–Trinajstić information content (AvgIpc) is 2.74. The molecule has 1 aromatic heterocycles. The zero-order chi connectivity index (χ0) is 20.6. The Labute approximate surface area is 175 Å². The second-order valence-electron chi connectivity index (χ2n) is 8.92. The van der Waals surface area contributed by atoms with Gasteiger partial charge in [0.2, 0.25) is 5.91 Å². The lowest BCUT2D eigenvalue weighted by Crippen LogP contribution is -2.49. The number of piperazine rings is 1. The fraction of sp³-hybridized carbons (Fsp3) is 0.696. The fourth-order valence-electron chi connectivity index (χ4n) is 4.24. The lowest BCUT2D eigenvalue weighted by molar-refractivity contribution is -0.132. The molecule has 6 heteroatoms. The second kappa shape index (κ2) is 10.6. The zero-order valence-electron chi connectivity index (χ0n) is 18.0. The maximum atomic E-state index is 12.6. The van der Waals surface area contributed by atoms with Crippen molar-refractivity contribution in [1.29, 1.82) is 0 Å². The highest BCUT2D eigenvalue weighted by molar-refractivity contribution is 5.94. The van der Waals surface area contributed by atoms with Gasteiger partial charge in [0.05, 0.1) is 5.56 Å². The number of nitrogens with zero attached hydrogens (tertiary/aromatic N) is 3. The van der Waals surface area contributed by atoms with Crippen molar-refractivity contribution in [2.75, 3.05) is 37.6 Å². The van der Waals surface area contributed by atoms with Crippen LogP contribution in [0.15, 0.2) is 18.3 Å². The molecule has 2 fully saturated rings. The van der Waals surface area contributed by atoms with Crippen LogP contribution in [0.4, 0.5) is 5.82 Å². The molecule has 0 bridgehead atoms. The minimum Gasteiger partial charge on any atom is -0.353 e. The Morgan fingerprint density at radius 3 is 2.45 bits per heavy atom. The van der Waals surface area contributed by atoms with E-state index in [1.165, 1.54) is 32.1 Å². The molecule has 1 saturated heterocycles. The molecule has 3 rings (SSSR count). The third kappa shape index (κ3) is 6.44. The molecule has 2 aliphatic rings. The number of aromatic nitrogens is 1. The van der Waals surface area contributed by atoms with E-state index < -0.39 is 0 Å². The lowest BCUT2D eigenvalue weighted by atomic mass is 9.86. The van der Waals surface area contributed by atoms with E-state index in [4.69, 9.17) is 0 Å². The number of hydrogen-bond donors (Lipinski definition) is 1. The lowest BCUT2D eigenvalue weighted by Gasteiger charge is -2.36. The van der Waals surface area contributed by atoms with Gasteiger partial charge < -0.3 is 15.1 Å². The maximum absolute atomic E-state index is 12.6. The molecule has 0 aromatic carbocycles. The standard InChI is InChI=1S/C23H36N4O2/c1-18(2)10-11-24-23(29)20-8-9-21(25-17-20)26-12-14-27(15-13-26)22(28)16-19-6-4-3-5-7-19/h8-9,17-19H,3-7,10-16H2,1-2H3,(H,24,29). The molecule has 1 N–H and O–H groups in total. The predicted molar refractivity (Wildman–Crippen MR) is 116 cm³/mol. The molecule has 1 aliphatic heterocycles. The summed E-state index contributed by atoms with van der Waals surface area (Å²) < 4.78 is 0. The monoisotopic (exact) mass is 400 g/mol. The Morgan fingerprint density at radius 2 is 1.83 bits per heavy atom. The highest BCUT2D eigenvalue weighted by Crippen LogP contribution is 2.27. The summed E-state index contributed by atoms with van der Waals surface area (Å²) in [5.41, 5.74) is 0.596. The molecule has 1 saturated carbocycles. The first-order valence-corrected chi connectivity index (χ1v) is 11.3. The van der Waals surface area contributed by atoms with Gasteiger partial charge in [-0.1, -0.05) is 33.1 Å². The van der Waals surface area contributed by atoms with E-state index in [1.54, 1.807) is 6.20 Å². The Hall–Kier alpha value is -2.11. The number of rotatable bonds is 7. The first-order valence-electron chi connectivity index (χ1n) is 11.3. The molecule has 0 radical (unpaired) electrons. The summed E-state index contributed by atoms with van der Waals surface area (Å²) in [4.78, 5) is 33.5. The largest absolute Gasteiger partial charge is 0.353 e. The maximum Gasteiger partial charge on any atom is 0.252 e. The molecule has 1 aliphatic carbocycles. The second-order valence-corrected chi connectivity index (χ2v) is 8.92. The van der Waals surface area contributed by atoms with Crippen LogP contribution >= 0.6 is 0 Å². The quantitative estimate of drug-likeness (QED) is 0.761. The van der Waals surface area contributed by atoms with Crippen LogP contribution < -0.4 is 10.2 Å². The molecule has 0 spiro atoms. The number of carbonyl (C=O) groups is 2. The number of hydrogen-bond acceptors (Lipinski definition) is 4. The summed E-state index contributed by atoms with van der Waals surface area (Å²) in [6.07, 6.45) is 9.67. The van der Waals surface area contributed by atoms with Crippen molar-refractivity contribution >= 4 is 17.6 Å². The summed E-state index contributed by atoms with van der Waals surface area (Å²) >= 11 is 0. The van der Waals surface area contributed by atoms with E-state index in [0.717, 1.165) is 44.8 Å². The van der Waals surface area contributed by atoms with Gasteiger partial charge in [0.15, 0.2) is 0 Å². The Morgan fingerprint density at radius 1 is 1.10 bits per heavy atom. The molecule has 6 nitrogen and oxygen atoms in total. The van der Waals surface area contributed by atoms with Crippen molar-refractivity contribution in [1.82, 2.24) is 15.2 Å². The van der Waals surface area contributed by atoms with E-state index in [1.807, 2.05) is 17.0 Å². The third-order valence-electron chi connectivity index (χ3n) is 6.16. The molecular formula is C23H36N4O2. The normalized spacial score (nSPS) is 18.2. The van der Waals surface area contributed by atoms with Crippen LogP contribution in [0, 0.1) is 11.8 Å². The van der Waals surface area contributed by atoms with Crippen molar-refractivity contribution in [2.24, 2.45) is 11.8 Å². The Balaban J connectivity index is 1.44. The first-order chi connectivity index (χ1) is 14.0. The highest BCUT2D eigenvalue weighted by Gasteiger charge is 2.25. The molecule has 2 heterocycles. The van der Waals surface area contributed by atoms with Crippen molar-refractivity contribution < 1.29 is 9.59 Å². The minimum atomic E-state index is -0.0668. The van der Waals surface area contributed by atoms with Gasteiger partial charge in [-0.2, -0.15) is 0 Å². The summed E-state index contributed by atoms with van der Waals surface area (Å²) in [6, 6.07) is 3.75. The SMILES string of the molecule is CC(C)CCNC(=O)c1ccc(N2CCN(C(=O)CC3CCCCC3)CC2)nc1. The number of nitrogens with one attached hydrogen (secondary N) is 1. The molecule has 0 unspecified atom stereocenters. The third-order valence-corrected chi connectivity index (χ3v) is 6.16. The van der Waals surface area contributed by atoms with Crippen molar-refractivity contribution in [3.63, 3.8) is 0 Å². The smallest absolute Gasteiger partial charge is 0.252 e. The van der Waals surface area contributed by atoms with Crippen LogP contribution in [-0.4, -0.2) is 54.4 Å². The zero-order valence-corrected chi connectivity index (χ0v) is 18.0. The van der Waals surface area contributed by atoms with Gasteiger partial charge in [0.25, 0.3) is 5.91 Å². The first kappa shape index (κ1) is 21.6. The van der Waals surface area contributed by atoms with E-state index in [9.17, 15) is 9.59 Å². The van der Waals surface area contributed by atoms with Crippen LogP contribution in [0.5, 0.6) is 0 Å². The summed E-state index contributed by atoms with van der Waals surface area (Å²) in [5.74, 6) is 2.29. The fourth-order valence-corrected chi connectivity index (χ4v) is 4.24. The Bertz CT molecular complexity index is 660. The molecule has 0 atom stereocenters. The summed E-state index contributed by atoms with van der Waals surface area (Å²) in [5, 5.41) is 2.94. The number of anilines is 1. The van der Waals surface area contributed by atoms with Crippen LogP contribution in [0.25, 0.3) is 0 Å². The number of pyridine rings is 1. The van der Waals surface area contributed by atoms with Crippen LogP contribution in [0.1, 0.15) is 69.2 Å². The molecule has 2 amide bonds. The molecule has 1 aromatic rings. The van der Waals surface area contributed by atoms with Crippen molar-refractivity contribution in [3.05, 3.63) is 23.9 Å². The summed E-state index contributed by atoms with van der Waals surface area (Å²) in [7, 11) is 0. The van der Waals surface area contributed by atoms with Crippen LogP contribution in [0.2, 0.25) is 0 Å². The molecule has 29 heavy (non-hydrogen) atoms. The minimum absolute atomic E-state index is 0.0668.